The van der Waals surface area contributed by atoms with Gasteiger partial charge in [0.05, 0.1) is 11.6 Å². The maximum Gasteiger partial charge on any atom is 0.123 e. The Morgan fingerprint density at radius 1 is 1.19 bits per heavy atom. The molecular weight excluding hydrogens is 291 g/mol. The highest BCUT2D eigenvalue weighted by molar-refractivity contribution is 6.31. The van der Waals surface area contributed by atoms with Gasteiger partial charge in [0.25, 0.3) is 0 Å². The van der Waals surface area contributed by atoms with Crippen molar-refractivity contribution in [3.05, 3.63) is 63.9 Å². The fourth-order valence-electron chi connectivity index (χ4n) is 1.93. The third kappa shape index (κ3) is 3.94. The van der Waals surface area contributed by atoms with Crippen LogP contribution in [0.1, 0.15) is 16.7 Å². The summed E-state index contributed by atoms with van der Waals surface area (Å²) in [6, 6.07) is 11.4. The molecule has 0 saturated carbocycles. The fourth-order valence-corrected chi connectivity index (χ4v) is 2.16. The highest BCUT2D eigenvalue weighted by Gasteiger charge is 2.07. The number of benzene rings is 2. The van der Waals surface area contributed by atoms with E-state index < -0.39 is 0 Å². The van der Waals surface area contributed by atoms with Gasteiger partial charge in [0.2, 0.25) is 0 Å². The highest BCUT2D eigenvalue weighted by Crippen LogP contribution is 2.24. The molecule has 2 N–H and O–H groups in total. The summed E-state index contributed by atoms with van der Waals surface area (Å²) >= 11 is 6.09. The van der Waals surface area contributed by atoms with Gasteiger partial charge in [0.15, 0.2) is 0 Å². The van der Waals surface area contributed by atoms with E-state index in [0.717, 1.165) is 11.1 Å². The van der Waals surface area contributed by atoms with Gasteiger partial charge in [-0.15, -0.1) is 0 Å². The largest absolute Gasteiger partial charge is 0.489 e. The first-order valence-electron chi connectivity index (χ1n) is 6.44. The number of hydrogen-bond acceptors (Lipinski definition) is 3. The zero-order chi connectivity index (χ0) is 15.2. The maximum absolute atomic E-state index is 13.2. The Morgan fingerprint density at radius 3 is 2.67 bits per heavy atom. The predicted molar refractivity (Wildman–Crippen MR) is 79.7 cm³/mol. The first-order chi connectivity index (χ1) is 10.1. The number of rotatable bonds is 5. The molecule has 0 aliphatic carbocycles. The predicted octanol–water partition coefficient (Wildman–Crippen LogP) is 3.43. The van der Waals surface area contributed by atoms with Crippen LogP contribution in [0.2, 0.25) is 5.02 Å². The summed E-state index contributed by atoms with van der Waals surface area (Å²) < 4.78 is 18.9. The molecular formula is C16H14ClFN2O. The number of hydrogen-bond donors (Lipinski definition) is 1. The molecule has 0 atom stereocenters. The average Bonchev–Trinajstić information content (AvgIpc) is 2.48. The molecule has 0 amide bonds. The monoisotopic (exact) mass is 304 g/mol. The van der Waals surface area contributed by atoms with E-state index >= 15 is 0 Å². The van der Waals surface area contributed by atoms with Crippen molar-refractivity contribution in [1.29, 1.82) is 5.26 Å². The number of ether oxygens (including phenoxy) is 1. The van der Waals surface area contributed by atoms with E-state index in [1.54, 1.807) is 24.3 Å². The molecule has 2 aromatic carbocycles. The molecule has 0 radical (unpaired) electrons. The van der Waals surface area contributed by atoms with Gasteiger partial charge in [-0.05, 0) is 48.9 Å². The van der Waals surface area contributed by atoms with Gasteiger partial charge in [-0.1, -0.05) is 17.7 Å². The van der Waals surface area contributed by atoms with Crippen LogP contribution in [-0.2, 0) is 13.0 Å². The van der Waals surface area contributed by atoms with Crippen molar-refractivity contribution < 1.29 is 9.13 Å². The summed E-state index contributed by atoms with van der Waals surface area (Å²) in [5.74, 6) is 0.268. The minimum Gasteiger partial charge on any atom is -0.489 e. The second-order valence-electron chi connectivity index (χ2n) is 4.50. The summed E-state index contributed by atoms with van der Waals surface area (Å²) in [6.07, 6.45) is 0.536. The molecule has 2 aromatic rings. The molecule has 3 nitrogen and oxygen atoms in total. The van der Waals surface area contributed by atoms with Crippen LogP contribution in [0.15, 0.2) is 36.4 Å². The zero-order valence-electron chi connectivity index (χ0n) is 11.3. The van der Waals surface area contributed by atoms with E-state index in [1.165, 1.54) is 12.1 Å². The molecule has 21 heavy (non-hydrogen) atoms. The third-order valence-corrected chi connectivity index (χ3v) is 3.35. The van der Waals surface area contributed by atoms with E-state index in [0.29, 0.717) is 29.3 Å². The first-order valence-corrected chi connectivity index (χ1v) is 6.81. The number of nitrogens with zero attached hydrogens (tertiary/aromatic N) is 1. The molecule has 0 heterocycles. The molecule has 0 spiro atoms. The Kier molecular flexibility index (Phi) is 5.15. The van der Waals surface area contributed by atoms with E-state index in [-0.39, 0.29) is 12.4 Å². The van der Waals surface area contributed by atoms with Crippen LogP contribution in [-0.4, -0.2) is 6.54 Å². The molecule has 5 heteroatoms. The highest BCUT2D eigenvalue weighted by atomic mass is 35.5. The number of halogens is 2. The van der Waals surface area contributed by atoms with Crippen LogP contribution in [0.4, 0.5) is 4.39 Å². The average molecular weight is 305 g/mol. The van der Waals surface area contributed by atoms with Gasteiger partial charge in [0, 0.05) is 10.6 Å². The quantitative estimate of drug-likeness (QED) is 0.920. The van der Waals surface area contributed by atoms with Crippen LogP contribution < -0.4 is 10.5 Å². The third-order valence-electron chi connectivity index (χ3n) is 3.00. The molecule has 0 saturated heterocycles. The van der Waals surface area contributed by atoms with Crippen LogP contribution in [0, 0.1) is 17.1 Å². The summed E-state index contributed by atoms with van der Waals surface area (Å²) in [4.78, 5) is 0. The topological polar surface area (TPSA) is 59.0 Å². The molecule has 2 rings (SSSR count). The van der Waals surface area contributed by atoms with Crippen molar-refractivity contribution >= 4 is 11.6 Å². The Labute approximate surface area is 127 Å². The second kappa shape index (κ2) is 7.07. The molecule has 108 valence electrons. The van der Waals surface area contributed by atoms with Gasteiger partial charge in [-0.2, -0.15) is 5.26 Å². The number of nitrogens with two attached hydrogens (primary N) is 1. The summed E-state index contributed by atoms with van der Waals surface area (Å²) in [5, 5.41) is 9.26. The standard InChI is InChI=1S/C16H14ClFN2O/c17-15-7-11(9-20)1-2-13(15)10-21-16-4-3-14(18)8-12(16)5-6-19/h1-4,7-8H,5-6,10,19H2. The summed E-state index contributed by atoms with van der Waals surface area (Å²) in [7, 11) is 0. The Morgan fingerprint density at radius 2 is 2.00 bits per heavy atom. The summed E-state index contributed by atoms with van der Waals surface area (Å²) in [6.45, 7) is 0.658. The smallest absolute Gasteiger partial charge is 0.123 e. The maximum atomic E-state index is 13.2. The van der Waals surface area contributed by atoms with E-state index in [2.05, 4.69) is 0 Å². The molecule has 0 aliphatic rings. The van der Waals surface area contributed by atoms with E-state index in [4.69, 9.17) is 27.3 Å². The second-order valence-corrected chi connectivity index (χ2v) is 4.90. The molecule has 0 bridgehead atoms. The van der Waals surface area contributed by atoms with Crippen molar-refractivity contribution in [2.75, 3.05) is 6.54 Å². The Balaban J connectivity index is 2.15. The molecule has 0 unspecified atom stereocenters. The van der Waals surface area contributed by atoms with Crippen LogP contribution >= 0.6 is 11.6 Å². The van der Waals surface area contributed by atoms with E-state index in [9.17, 15) is 4.39 Å². The first kappa shape index (κ1) is 15.3. The van der Waals surface area contributed by atoms with E-state index in [1.807, 2.05) is 6.07 Å². The van der Waals surface area contributed by atoms with Gasteiger partial charge in [-0.3, -0.25) is 0 Å². The van der Waals surface area contributed by atoms with Crippen molar-refractivity contribution in [1.82, 2.24) is 0 Å². The summed E-state index contributed by atoms with van der Waals surface area (Å²) in [5.41, 5.74) is 7.49. The van der Waals surface area contributed by atoms with Crippen molar-refractivity contribution in [2.45, 2.75) is 13.0 Å². The lowest BCUT2D eigenvalue weighted by Crippen LogP contribution is -2.06. The Hall–Kier alpha value is -2.09. The molecule has 0 aromatic heterocycles. The molecule has 0 fully saturated rings. The van der Waals surface area contributed by atoms with Gasteiger partial charge in [0.1, 0.15) is 18.2 Å². The normalized spacial score (nSPS) is 10.2. The van der Waals surface area contributed by atoms with Crippen LogP contribution in [0.5, 0.6) is 5.75 Å². The minimum absolute atomic E-state index is 0.244. The lowest BCUT2D eigenvalue weighted by Gasteiger charge is -2.12. The van der Waals surface area contributed by atoms with Crippen molar-refractivity contribution in [3.8, 4) is 11.8 Å². The number of nitriles is 1. The minimum atomic E-state index is -0.317. The SMILES string of the molecule is N#Cc1ccc(COc2ccc(F)cc2CCN)c(Cl)c1. The van der Waals surface area contributed by atoms with Crippen LogP contribution in [0.3, 0.4) is 0 Å². The Bertz CT molecular complexity index is 682. The van der Waals surface area contributed by atoms with Gasteiger partial charge >= 0.3 is 0 Å². The fraction of sp³-hybridized carbons (Fsp3) is 0.188. The van der Waals surface area contributed by atoms with Crippen LogP contribution in [0.25, 0.3) is 0 Å². The van der Waals surface area contributed by atoms with Gasteiger partial charge < -0.3 is 10.5 Å². The lowest BCUT2D eigenvalue weighted by molar-refractivity contribution is 0.302. The van der Waals surface area contributed by atoms with Gasteiger partial charge in [-0.25, -0.2) is 4.39 Å². The lowest BCUT2D eigenvalue weighted by atomic mass is 10.1. The zero-order valence-corrected chi connectivity index (χ0v) is 12.0. The van der Waals surface area contributed by atoms with Crippen molar-refractivity contribution in [3.63, 3.8) is 0 Å². The van der Waals surface area contributed by atoms with Crippen molar-refractivity contribution in [2.24, 2.45) is 5.73 Å². The molecule has 0 aliphatic heterocycles.